The van der Waals surface area contributed by atoms with Gasteiger partial charge in [-0.15, -0.1) is 0 Å². The van der Waals surface area contributed by atoms with Crippen LogP contribution in [0.1, 0.15) is 6.92 Å². The van der Waals surface area contributed by atoms with Crippen LogP contribution in [0.15, 0.2) is 0 Å². The summed E-state index contributed by atoms with van der Waals surface area (Å²) in [4.78, 5) is 20.8. The van der Waals surface area contributed by atoms with E-state index in [0.29, 0.717) is 0 Å². The van der Waals surface area contributed by atoms with E-state index in [1.54, 1.807) is 5.32 Å². The van der Waals surface area contributed by atoms with Gasteiger partial charge < -0.3 is 15.7 Å². The van der Waals surface area contributed by atoms with Gasteiger partial charge in [0.1, 0.15) is 12.6 Å². The number of rotatable bonds is 3. The quantitative estimate of drug-likeness (QED) is 0.633. The molecule has 14 heavy (non-hydrogen) atoms. The zero-order chi connectivity index (χ0) is 11.4. The van der Waals surface area contributed by atoms with Crippen LogP contribution >= 0.6 is 0 Å². The van der Waals surface area contributed by atoms with Gasteiger partial charge in [-0.2, -0.15) is 13.2 Å². The van der Waals surface area contributed by atoms with E-state index in [-0.39, 0.29) is 0 Å². The van der Waals surface area contributed by atoms with Gasteiger partial charge in [-0.05, 0) is 6.92 Å². The molecule has 1 atom stereocenters. The third kappa shape index (κ3) is 6.09. The van der Waals surface area contributed by atoms with Gasteiger partial charge in [0.2, 0.25) is 0 Å². The van der Waals surface area contributed by atoms with Gasteiger partial charge in [-0.25, -0.2) is 4.79 Å². The molecule has 0 saturated heterocycles. The minimum Gasteiger partial charge on any atom is -0.480 e. The molecular weight excluding hydrogens is 205 g/mol. The molecule has 0 aromatic carbocycles. The fourth-order valence-corrected chi connectivity index (χ4v) is 0.490. The molecule has 0 bridgehead atoms. The van der Waals surface area contributed by atoms with Crippen LogP contribution in [-0.4, -0.2) is 35.9 Å². The second-order valence-corrected chi connectivity index (χ2v) is 2.50. The first-order chi connectivity index (χ1) is 6.22. The molecule has 0 aromatic rings. The van der Waals surface area contributed by atoms with Crippen LogP contribution in [0.4, 0.5) is 18.0 Å². The minimum absolute atomic E-state index is 1.13. The van der Waals surface area contributed by atoms with Crippen LogP contribution in [0.25, 0.3) is 0 Å². The molecule has 0 radical (unpaired) electrons. The molecule has 2 amide bonds. The summed E-state index contributed by atoms with van der Waals surface area (Å²) < 4.78 is 34.7. The zero-order valence-electron chi connectivity index (χ0n) is 7.18. The number of carbonyl (C=O) groups is 2. The summed E-state index contributed by atoms with van der Waals surface area (Å²) in [7, 11) is 0. The van der Waals surface area contributed by atoms with E-state index in [4.69, 9.17) is 5.11 Å². The van der Waals surface area contributed by atoms with Crippen molar-refractivity contribution in [2.75, 3.05) is 6.54 Å². The highest BCUT2D eigenvalue weighted by molar-refractivity contribution is 5.82. The number of carbonyl (C=O) groups excluding carboxylic acids is 1. The number of amides is 2. The number of carboxylic acids is 1. The minimum atomic E-state index is -4.51. The van der Waals surface area contributed by atoms with Gasteiger partial charge in [-0.3, -0.25) is 4.79 Å². The maximum atomic E-state index is 11.6. The maximum Gasteiger partial charge on any atom is 0.405 e. The summed E-state index contributed by atoms with van der Waals surface area (Å²) in [6.45, 7) is -0.360. The maximum absolute atomic E-state index is 11.6. The normalized spacial score (nSPS) is 13.1. The molecule has 0 aromatic heterocycles. The summed E-state index contributed by atoms with van der Waals surface area (Å²) in [5.74, 6) is -1.33. The number of hydrogen-bond acceptors (Lipinski definition) is 2. The van der Waals surface area contributed by atoms with Gasteiger partial charge in [0.15, 0.2) is 0 Å². The van der Waals surface area contributed by atoms with Crippen molar-refractivity contribution in [2.45, 2.75) is 19.1 Å². The number of aliphatic carboxylic acids is 1. The molecule has 3 N–H and O–H groups in total. The molecule has 0 heterocycles. The average Bonchev–Trinajstić information content (AvgIpc) is 1.99. The highest BCUT2D eigenvalue weighted by Crippen LogP contribution is 2.11. The van der Waals surface area contributed by atoms with Crippen molar-refractivity contribution in [3.8, 4) is 0 Å². The second-order valence-electron chi connectivity index (χ2n) is 2.50. The van der Waals surface area contributed by atoms with Crippen molar-refractivity contribution in [3.05, 3.63) is 0 Å². The number of urea groups is 1. The van der Waals surface area contributed by atoms with Gasteiger partial charge in [0.05, 0.1) is 0 Å². The van der Waals surface area contributed by atoms with Gasteiger partial charge in [0.25, 0.3) is 0 Å². The van der Waals surface area contributed by atoms with E-state index < -0.39 is 30.8 Å². The van der Waals surface area contributed by atoms with E-state index in [0.717, 1.165) is 6.92 Å². The lowest BCUT2D eigenvalue weighted by Crippen LogP contribution is -2.46. The Kier molecular flexibility index (Phi) is 4.19. The van der Waals surface area contributed by atoms with Crippen LogP contribution in [0.2, 0.25) is 0 Å². The number of halogens is 3. The van der Waals surface area contributed by atoms with Crippen molar-refractivity contribution in [2.24, 2.45) is 0 Å². The van der Waals surface area contributed by atoms with Crippen LogP contribution in [-0.2, 0) is 4.79 Å². The number of carboxylic acid groups (broad SMARTS) is 1. The summed E-state index contributed by atoms with van der Waals surface area (Å²) in [6.07, 6.45) is -4.51. The van der Waals surface area contributed by atoms with Crippen molar-refractivity contribution in [1.29, 1.82) is 0 Å². The van der Waals surface area contributed by atoms with Crippen molar-refractivity contribution in [3.63, 3.8) is 0 Å². The molecule has 1 unspecified atom stereocenters. The largest absolute Gasteiger partial charge is 0.480 e. The van der Waals surface area contributed by atoms with Gasteiger partial charge in [0, 0.05) is 0 Å². The Bertz CT molecular complexity index is 229. The Morgan fingerprint density at radius 2 is 1.93 bits per heavy atom. The SMILES string of the molecule is CC(NC(=O)NCC(F)(F)F)C(=O)O. The van der Waals surface area contributed by atoms with Gasteiger partial charge in [-0.1, -0.05) is 0 Å². The number of hydrogen-bond donors (Lipinski definition) is 3. The Labute approximate surface area is 77.3 Å². The first-order valence-corrected chi connectivity index (χ1v) is 3.56. The molecular formula is C6H9F3N2O3. The molecule has 0 spiro atoms. The molecule has 0 rings (SSSR count). The van der Waals surface area contributed by atoms with Crippen LogP contribution in [0, 0.1) is 0 Å². The van der Waals surface area contributed by atoms with Gasteiger partial charge >= 0.3 is 18.2 Å². The molecule has 0 fully saturated rings. The third-order valence-corrected chi connectivity index (χ3v) is 1.17. The predicted molar refractivity (Wildman–Crippen MR) is 39.7 cm³/mol. The van der Waals surface area contributed by atoms with E-state index >= 15 is 0 Å². The van der Waals surface area contributed by atoms with Crippen molar-refractivity contribution in [1.82, 2.24) is 10.6 Å². The number of alkyl halides is 3. The zero-order valence-corrected chi connectivity index (χ0v) is 7.18. The first-order valence-electron chi connectivity index (χ1n) is 3.56. The van der Waals surface area contributed by atoms with E-state index in [9.17, 15) is 22.8 Å². The Morgan fingerprint density at radius 3 is 2.29 bits per heavy atom. The smallest absolute Gasteiger partial charge is 0.405 e. The first kappa shape index (κ1) is 12.5. The molecule has 8 heteroatoms. The van der Waals surface area contributed by atoms with E-state index in [2.05, 4.69) is 0 Å². The second kappa shape index (κ2) is 4.68. The van der Waals surface area contributed by atoms with Crippen molar-refractivity contribution >= 4 is 12.0 Å². The van der Waals surface area contributed by atoms with Crippen LogP contribution < -0.4 is 10.6 Å². The average molecular weight is 214 g/mol. The summed E-state index contributed by atoms with van der Waals surface area (Å²) in [5, 5.41) is 11.6. The van der Waals surface area contributed by atoms with Crippen molar-refractivity contribution < 1.29 is 27.9 Å². The molecule has 82 valence electrons. The summed E-state index contributed by atoms with van der Waals surface area (Å²) in [5.41, 5.74) is 0. The lowest BCUT2D eigenvalue weighted by atomic mass is 10.3. The molecule has 0 aliphatic heterocycles. The fraction of sp³-hybridized carbons (Fsp3) is 0.667. The Morgan fingerprint density at radius 1 is 1.43 bits per heavy atom. The topological polar surface area (TPSA) is 78.4 Å². The monoisotopic (exact) mass is 214 g/mol. The highest BCUT2D eigenvalue weighted by atomic mass is 19.4. The number of nitrogens with one attached hydrogen (secondary N) is 2. The highest BCUT2D eigenvalue weighted by Gasteiger charge is 2.28. The molecule has 0 saturated carbocycles. The summed E-state index contributed by atoms with van der Waals surface area (Å²) >= 11 is 0. The lowest BCUT2D eigenvalue weighted by Gasteiger charge is -2.11. The third-order valence-electron chi connectivity index (χ3n) is 1.17. The van der Waals surface area contributed by atoms with E-state index in [1.807, 2.05) is 0 Å². The summed E-state index contributed by atoms with van der Waals surface area (Å²) in [6, 6.07) is -2.40. The molecule has 0 aliphatic carbocycles. The van der Waals surface area contributed by atoms with E-state index in [1.165, 1.54) is 5.32 Å². The molecule has 5 nitrogen and oxygen atoms in total. The fourth-order valence-electron chi connectivity index (χ4n) is 0.490. The molecule has 0 aliphatic rings. The Balaban J connectivity index is 3.83. The van der Waals surface area contributed by atoms with Crippen LogP contribution in [0.5, 0.6) is 0 Å². The predicted octanol–water partition coefficient (Wildman–Crippen LogP) is 0.321. The standard InChI is InChI=1S/C6H9F3N2O3/c1-3(4(12)13)11-5(14)10-2-6(7,8)9/h3H,2H2,1H3,(H,12,13)(H2,10,11,14). The van der Waals surface area contributed by atoms with Crippen LogP contribution in [0.3, 0.4) is 0 Å². The Hall–Kier alpha value is -1.47. The lowest BCUT2D eigenvalue weighted by molar-refractivity contribution is -0.138.